The predicted octanol–water partition coefficient (Wildman–Crippen LogP) is 1.57. The third-order valence-electron chi connectivity index (χ3n) is 2.30. The van der Waals surface area contributed by atoms with Crippen LogP contribution in [0.5, 0.6) is 0 Å². The molecule has 0 N–H and O–H groups in total. The highest BCUT2D eigenvalue weighted by atomic mass is 16.6. The zero-order valence-electron chi connectivity index (χ0n) is 9.39. The van der Waals surface area contributed by atoms with Gasteiger partial charge in [-0.1, -0.05) is 30.3 Å². The van der Waals surface area contributed by atoms with Gasteiger partial charge >= 0.3 is 0 Å². The first-order valence-electron chi connectivity index (χ1n) is 4.90. The number of nitro groups is 2. The molecule has 0 fully saturated rings. The Balaban J connectivity index is 3.52. The third kappa shape index (κ3) is 2.98. The Morgan fingerprint density at radius 3 is 1.74 bits per heavy atom. The van der Waals surface area contributed by atoms with Crippen molar-refractivity contribution in [3.05, 3.63) is 78.3 Å². The quantitative estimate of drug-likeness (QED) is 0.450. The average molecular weight is 258 g/mol. The Bertz CT molecular complexity index is 577. The van der Waals surface area contributed by atoms with Crippen LogP contribution >= 0.6 is 0 Å². The lowest BCUT2D eigenvalue weighted by Crippen LogP contribution is -2.18. The highest BCUT2D eigenvalue weighted by Crippen LogP contribution is 2.29. The van der Waals surface area contributed by atoms with Crippen LogP contribution < -0.4 is 0 Å². The number of rotatable bonds is 5. The van der Waals surface area contributed by atoms with Crippen LogP contribution in [0.1, 0.15) is 11.5 Å². The maximum absolute atomic E-state index is 10.8. The molecule has 1 rings (SSSR count). The molecule has 96 valence electrons. The Hall–Kier alpha value is -3.08. The van der Waals surface area contributed by atoms with Crippen molar-refractivity contribution in [2.75, 3.05) is 0 Å². The van der Waals surface area contributed by atoms with Gasteiger partial charge in [0, 0.05) is 0 Å². The van der Waals surface area contributed by atoms with Gasteiger partial charge in [0.25, 0.3) is 11.4 Å². The minimum Gasteiger partial charge on any atom is -0.758 e. The maximum atomic E-state index is 10.8. The first-order chi connectivity index (χ1) is 9.02. The van der Waals surface area contributed by atoms with E-state index in [0.29, 0.717) is 0 Å². The first kappa shape index (κ1) is 14.0. The lowest BCUT2D eigenvalue weighted by Gasteiger charge is -2.11. The third-order valence-corrected chi connectivity index (χ3v) is 2.30. The normalized spacial score (nSPS) is 10.7. The van der Waals surface area contributed by atoms with E-state index in [1.54, 1.807) is 6.07 Å². The fraction of sp³-hybridized carbons (Fsp3) is 0.0909. The van der Waals surface area contributed by atoms with Crippen LogP contribution in [-0.2, 0) is 0 Å². The van der Waals surface area contributed by atoms with Crippen LogP contribution in [0.4, 0.5) is 0 Å². The minimum atomic E-state index is -1.58. The second kappa shape index (κ2) is 6.02. The van der Waals surface area contributed by atoms with Crippen molar-refractivity contribution in [1.82, 2.24) is 0 Å². The molecule has 0 saturated carbocycles. The van der Waals surface area contributed by atoms with E-state index in [1.807, 2.05) is 0 Å². The fourth-order valence-electron chi connectivity index (χ4n) is 1.51. The number of benzene rings is 1. The summed E-state index contributed by atoms with van der Waals surface area (Å²) in [4.78, 5) is 19.5. The van der Waals surface area contributed by atoms with Gasteiger partial charge in [-0.05, 0) is 5.56 Å². The average Bonchev–Trinajstić information content (AvgIpc) is 2.39. The molecule has 1 aromatic carbocycles. The predicted molar refractivity (Wildman–Crippen MR) is 66.9 cm³/mol. The Kier molecular flexibility index (Phi) is 4.43. The van der Waals surface area contributed by atoms with Gasteiger partial charge in [-0.3, -0.25) is 20.2 Å². The summed E-state index contributed by atoms with van der Waals surface area (Å²) in [6, 6.07) is 7.38. The molecule has 0 spiro atoms. The standard InChI is InChI=1S/C11H6N4O4/c12-6-9(14(16)17)11(10(7-13)15(18)19)8-4-2-1-3-5-8/h1-5,11H/q-2. The summed E-state index contributed by atoms with van der Waals surface area (Å²) in [6.07, 6.45) is 0. The number of nitrogens with zero attached hydrogens (tertiary/aromatic N) is 4. The molecule has 0 unspecified atom stereocenters. The van der Waals surface area contributed by atoms with Gasteiger partial charge in [0.15, 0.2) is 5.92 Å². The Labute approximate surface area is 107 Å². The van der Waals surface area contributed by atoms with Crippen LogP contribution in [0, 0.1) is 20.2 Å². The molecule has 0 aliphatic rings. The van der Waals surface area contributed by atoms with Gasteiger partial charge in [0.2, 0.25) is 0 Å². The van der Waals surface area contributed by atoms with Crippen molar-refractivity contribution < 1.29 is 9.85 Å². The summed E-state index contributed by atoms with van der Waals surface area (Å²) < 4.78 is 0. The molecule has 19 heavy (non-hydrogen) atoms. The molecule has 0 heterocycles. The van der Waals surface area contributed by atoms with Crippen molar-refractivity contribution in [2.24, 2.45) is 0 Å². The summed E-state index contributed by atoms with van der Waals surface area (Å²) in [5.74, 6) is 1.04. The van der Waals surface area contributed by atoms with E-state index in [9.17, 15) is 20.2 Å². The molecule has 0 atom stereocenters. The van der Waals surface area contributed by atoms with Crippen LogP contribution in [0.3, 0.4) is 0 Å². The van der Waals surface area contributed by atoms with Crippen LogP contribution in [0.2, 0.25) is 0 Å². The van der Waals surface area contributed by atoms with Gasteiger partial charge < -0.3 is 10.8 Å². The van der Waals surface area contributed by atoms with Gasteiger partial charge in [0.1, 0.15) is 0 Å². The van der Waals surface area contributed by atoms with E-state index in [4.69, 9.17) is 10.8 Å². The molecule has 1 aromatic rings. The molecular weight excluding hydrogens is 252 g/mol. The fourth-order valence-corrected chi connectivity index (χ4v) is 1.51. The smallest absolute Gasteiger partial charge is 0.284 e. The minimum absolute atomic E-state index is 0.143. The first-order valence-corrected chi connectivity index (χ1v) is 4.90. The van der Waals surface area contributed by atoms with E-state index in [0.717, 1.165) is 0 Å². The van der Waals surface area contributed by atoms with E-state index in [1.165, 1.54) is 36.0 Å². The summed E-state index contributed by atoms with van der Waals surface area (Å²) in [7, 11) is 0. The van der Waals surface area contributed by atoms with Crippen molar-refractivity contribution in [3.63, 3.8) is 0 Å². The zero-order valence-corrected chi connectivity index (χ0v) is 9.39. The lowest BCUT2D eigenvalue weighted by atomic mass is 9.93. The van der Waals surface area contributed by atoms with Gasteiger partial charge in [0.05, 0.1) is 9.85 Å². The number of hydrogen-bond acceptors (Lipinski definition) is 4. The van der Waals surface area contributed by atoms with Gasteiger partial charge in [-0.15, -0.1) is 0 Å². The molecular formula is C11H6N4O4-2. The van der Waals surface area contributed by atoms with E-state index < -0.39 is 27.2 Å². The SMILES string of the molecule is [N-]=C=C(C(C(=C=[N-])[N+](=O)[O-])c1ccccc1)[N+](=O)[O-]. The molecule has 0 bridgehead atoms. The molecule has 0 radical (unpaired) electrons. The molecule has 0 aliphatic carbocycles. The Morgan fingerprint density at radius 1 is 1.00 bits per heavy atom. The molecule has 0 aromatic heterocycles. The number of hydrogen-bond donors (Lipinski definition) is 0. The van der Waals surface area contributed by atoms with Crippen molar-refractivity contribution in [3.8, 4) is 0 Å². The zero-order chi connectivity index (χ0) is 14.4. The second-order valence-electron chi connectivity index (χ2n) is 3.35. The molecule has 0 saturated heterocycles. The van der Waals surface area contributed by atoms with Crippen molar-refractivity contribution >= 4 is 11.7 Å². The van der Waals surface area contributed by atoms with E-state index in [2.05, 4.69) is 0 Å². The van der Waals surface area contributed by atoms with Crippen LogP contribution in [-0.4, -0.2) is 21.6 Å². The summed E-state index contributed by atoms with van der Waals surface area (Å²) in [6.45, 7) is 0. The van der Waals surface area contributed by atoms with Crippen molar-refractivity contribution in [2.45, 2.75) is 5.92 Å². The molecule has 8 nitrogen and oxygen atoms in total. The highest BCUT2D eigenvalue weighted by molar-refractivity contribution is 5.68. The molecule has 0 aliphatic heterocycles. The highest BCUT2D eigenvalue weighted by Gasteiger charge is 2.35. The summed E-state index contributed by atoms with van der Waals surface area (Å²) in [5.41, 5.74) is -1.78. The molecule has 8 heteroatoms. The van der Waals surface area contributed by atoms with Gasteiger partial charge in [-0.2, -0.15) is 11.7 Å². The van der Waals surface area contributed by atoms with E-state index >= 15 is 0 Å². The monoisotopic (exact) mass is 258 g/mol. The molecule has 0 amide bonds. The lowest BCUT2D eigenvalue weighted by molar-refractivity contribution is -0.450. The topological polar surface area (TPSA) is 131 Å². The van der Waals surface area contributed by atoms with E-state index in [-0.39, 0.29) is 5.56 Å². The van der Waals surface area contributed by atoms with Crippen molar-refractivity contribution in [1.29, 1.82) is 0 Å². The second-order valence-corrected chi connectivity index (χ2v) is 3.35. The van der Waals surface area contributed by atoms with Crippen LogP contribution in [0.15, 0.2) is 41.7 Å². The summed E-state index contributed by atoms with van der Waals surface area (Å²) >= 11 is 0. The summed E-state index contributed by atoms with van der Waals surface area (Å²) in [5, 5.41) is 39.1. The van der Waals surface area contributed by atoms with Crippen LogP contribution in [0.25, 0.3) is 10.8 Å². The van der Waals surface area contributed by atoms with Gasteiger partial charge in [-0.25, -0.2) is 0 Å². The maximum Gasteiger partial charge on any atom is 0.284 e. The Morgan fingerprint density at radius 2 is 1.42 bits per heavy atom. The largest absolute Gasteiger partial charge is 0.758 e.